The van der Waals surface area contributed by atoms with Gasteiger partial charge in [-0.25, -0.2) is 19.6 Å². The SMILES string of the molecule is Cn1nc(C2CN(C(=O)c3cnccn3)C2)c2nccnc21. The Bertz CT molecular complexity index is 839. The summed E-state index contributed by atoms with van der Waals surface area (Å²) in [5.74, 6) is 0.0803. The van der Waals surface area contributed by atoms with E-state index in [9.17, 15) is 4.79 Å². The summed E-state index contributed by atoms with van der Waals surface area (Å²) in [6.07, 6.45) is 7.87. The maximum absolute atomic E-state index is 12.2. The zero-order valence-corrected chi connectivity index (χ0v) is 11.9. The number of amides is 1. The number of nitrogens with zero attached hydrogens (tertiary/aromatic N) is 7. The summed E-state index contributed by atoms with van der Waals surface area (Å²) in [7, 11) is 1.85. The van der Waals surface area contributed by atoms with Crippen molar-refractivity contribution in [3.63, 3.8) is 0 Å². The van der Waals surface area contributed by atoms with Gasteiger partial charge in [-0.1, -0.05) is 0 Å². The number of hydrogen-bond donors (Lipinski definition) is 0. The van der Waals surface area contributed by atoms with Crippen molar-refractivity contribution in [2.45, 2.75) is 5.92 Å². The maximum atomic E-state index is 12.2. The molecule has 0 unspecified atom stereocenters. The number of aromatic nitrogens is 6. The van der Waals surface area contributed by atoms with Gasteiger partial charge in [-0.05, 0) is 0 Å². The Morgan fingerprint density at radius 1 is 1.14 bits per heavy atom. The van der Waals surface area contributed by atoms with Gasteiger partial charge in [0, 0.05) is 50.8 Å². The maximum Gasteiger partial charge on any atom is 0.274 e. The second kappa shape index (κ2) is 4.83. The lowest BCUT2D eigenvalue weighted by molar-refractivity contribution is 0.0592. The molecule has 110 valence electrons. The molecule has 3 aromatic rings. The van der Waals surface area contributed by atoms with E-state index in [0.717, 1.165) is 16.9 Å². The van der Waals surface area contributed by atoms with Crippen LogP contribution in [-0.4, -0.2) is 53.6 Å². The van der Waals surface area contributed by atoms with Crippen LogP contribution in [0.4, 0.5) is 0 Å². The summed E-state index contributed by atoms with van der Waals surface area (Å²) in [4.78, 5) is 30.6. The monoisotopic (exact) mass is 295 g/mol. The Hall–Kier alpha value is -2.90. The van der Waals surface area contributed by atoms with E-state index in [1.165, 1.54) is 12.4 Å². The molecule has 0 aliphatic carbocycles. The van der Waals surface area contributed by atoms with E-state index in [4.69, 9.17) is 0 Å². The van der Waals surface area contributed by atoms with E-state index >= 15 is 0 Å². The Morgan fingerprint density at radius 3 is 2.68 bits per heavy atom. The lowest BCUT2D eigenvalue weighted by atomic mass is 9.95. The lowest BCUT2D eigenvalue weighted by Gasteiger charge is -2.38. The third-order valence-corrected chi connectivity index (χ3v) is 3.82. The molecule has 8 nitrogen and oxygen atoms in total. The van der Waals surface area contributed by atoms with Crippen LogP contribution in [-0.2, 0) is 7.05 Å². The Morgan fingerprint density at radius 2 is 1.91 bits per heavy atom. The van der Waals surface area contributed by atoms with Gasteiger partial charge in [0.1, 0.15) is 11.2 Å². The van der Waals surface area contributed by atoms with Gasteiger partial charge in [0.2, 0.25) is 0 Å². The quantitative estimate of drug-likeness (QED) is 0.679. The third kappa shape index (κ3) is 1.92. The van der Waals surface area contributed by atoms with Gasteiger partial charge in [-0.15, -0.1) is 0 Å². The third-order valence-electron chi connectivity index (χ3n) is 3.82. The normalized spacial score (nSPS) is 15.0. The zero-order valence-electron chi connectivity index (χ0n) is 11.9. The van der Waals surface area contributed by atoms with E-state index in [1.807, 2.05) is 7.05 Å². The van der Waals surface area contributed by atoms with Crippen molar-refractivity contribution >= 4 is 17.1 Å². The van der Waals surface area contributed by atoms with Crippen LogP contribution in [0, 0.1) is 0 Å². The van der Waals surface area contributed by atoms with Gasteiger partial charge < -0.3 is 4.90 Å². The topological polar surface area (TPSA) is 89.7 Å². The minimum atomic E-state index is -0.101. The number of hydrogen-bond acceptors (Lipinski definition) is 6. The van der Waals surface area contributed by atoms with E-state index in [0.29, 0.717) is 18.8 Å². The van der Waals surface area contributed by atoms with Gasteiger partial charge in [-0.3, -0.25) is 9.78 Å². The minimum absolute atomic E-state index is 0.101. The summed E-state index contributed by atoms with van der Waals surface area (Å²) in [5.41, 5.74) is 2.83. The second-order valence-corrected chi connectivity index (χ2v) is 5.24. The molecule has 3 aromatic heterocycles. The standard InChI is InChI=1S/C14H13N7O/c1-20-13-12(17-4-5-18-13)11(19-20)9-7-21(8-9)14(22)10-6-15-2-3-16-10/h2-6,9H,7-8H2,1H3. The van der Waals surface area contributed by atoms with Crippen molar-refractivity contribution in [1.29, 1.82) is 0 Å². The highest BCUT2D eigenvalue weighted by Crippen LogP contribution is 2.30. The Labute approximate surface area is 125 Å². The zero-order chi connectivity index (χ0) is 15.1. The lowest BCUT2D eigenvalue weighted by Crippen LogP contribution is -2.49. The molecule has 4 heterocycles. The average molecular weight is 295 g/mol. The van der Waals surface area contributed by atoms with E-state index in [2.05, 4.69) is 25.0 Å². The van der Waals surface area contributed by atoms with Crippen LogP contribution in [0.15, 0.2) is 31.0 Å². The molecule has 0 atom stereocenters. The summed E-state index contributed by atoms with van der Waals surface area (Å²) in [5, 5.41) is 4.50. The van der Waals surface area contributed by atoms with Crippen molar-refractivity contribution in [3.05, 3.63) is 42.4 Å². The van der Waals surface area contributed by atoms with Gasteiger partial charge in [-0.2, -0.15) is 5.10 Å². The van der Waals surface area contributed by atoms with E-state index < -0.39 is 0 Å². The van der Waals surface area contributed by atoms with Crippen LogP contribution in [0.3, 0.4) is 0 Å². The number of rotatable bonds is 2. The molecule has 0 N–H and O–H groups in total. The van der Waals surface area contributed by atoms with Crippen molar-refractivity contribution in [2.24, 2.45) is 7.05 Å². The van der Waals surface area contributed by atoms with Gasteiger partial charge >= 0.3 is 0 Å². The Balaban J connectivity index is 1.54. The fourth-order valence-corrected chi connectivity index (χ4v) is 2.67. The summed E-state index contributed by atoms with van der Waals surface area (Å²) >= 11 is 0. The van der Waals surface area contributed by atoms with E-state index in [-0.39, 0.29) is 11.8 Å². The minimum Gasteiger partial charge on any atom is -0.336 e. The summed E-state index contributed by atoms with van der Waals surface area (Å²) in [6.45, 7) is 1.22. The predicted octanol–water partition coefficient (Wildman–Crippen LogP) is 0.393. The number of carbonyl (C=O) groups is 1. The molecule has 8 heteroatoms. The molecule has 1 aliphatic heterocycles. The molecule has 1 fully saturated rings. The summed E-state index contributed by atoms with van der Waals surface area (Å²) in [6, 6.07) is 0. The fourth-order valence-electron chi connectivity index (χ4n) is 2.67. The first-order chi connectivity index (χ1) is 10.7. The predicted molar refractivity (Wildman–Crippen MR) is 77.0 cm³/mol. The Kier molecular flexibility index (Phi) is 2.81. The van der Waals surface area contributed by atoms with Crippen LogP contribution in [0.25, 0.3) is 11.2 Å². The summed E-state index contributed by atoms with van der Waals surface area (Å²) < 4.78 is 1.73. The van der Waals surface area contributed by atoms with Crippen molar-refractivity contribution in [1.82, 2.24) is 34.6 Å². The van der Waals surface area contributed by atoms with Gasteiger partial charge in [0.05, 0.1) is 11.9 Å². The molecular weight excluding hydrogens is 282 g/mol. The van der Waals surface area contributed by atoms with Crippen LogP contribution >= 0.6 is 0 Å². The second-order valence-electron chi connectivity index (χ2n) is 5.24. The molecule has 0 radical (unpaired) electrons. The largest absolute Gasteiger partial charge is 0.336 e. The first kappa shape index (κ1) is 12.8. The number of fused-ring (bicyclic) bond motifs is 1. The van der Waals surface area contributed by atoms with Crippen molar-refractivity contribution < 1.29 is 4.79 Å². The van der Waals surface area contributed by atoms with Crippen molar-refractivity contribution in [2.75, 3.05) is 13.1 Å². The smallest absolute Gasteiger partial charge is 0.274 e. The van der Waals surface area contributed by atoms with Crippen LogP contribution in [0.2, 0.25) is 0 Å². The number of likely N-dealkylation sites (tertiary alicyclic amines) is 1. The fraction of sp³-hybridized carbons (Fsp3) is 0.286. The average Bonchev–Trinajstić information content (AvgIpc) is 2.84. The molecule has 22 heavy (non-hydrogen) atoms. The molecule has 1 aliphatic rings. The molecule has 4 rings (SSSR count). The molecule has 0 saturated carbocycles. The van der Waals surface area contributed by atoms with Gasteiger partial charge in [0.25, 0.3) is 5.91 Å². The highest BCUT2D eigenvalue weighted by atomic mass is 16.2. The first-order valence-corrected chi connectivity index (χ1v) is 6.93. The van der Waals surface area contributed by atoms with Crippen LogP contribution in [0.1, 0.15) is 22.1 Å². The highest BCUT2D eigenvalue weighted by molar-refractivity contribution is 5.92. The first-order valence-electron chi connectivity index (χ1n) is 6.93. The molecule has 1 saturated heterocycles. The molecule has 0 spiro atoms. The molecule has 1 amide bonds. The number of aryl methyl sites for hydroxylation is 1. The van der Waals surface area contributed by atoms with Crippen LogP contribution in [0.5, 0.6) is 0 Å². The number of carbonyl (C=O) groups excluding carboxylic acids is 1. The van der Waals surface area contributed by atoms with Gasteiger partial charge in [0.15, 0.2) is 5.65 Å². The molecule has 0 aromatic carbocycles. The highest BCUT2D eigenvalue weighted by Gasteiger charge is 2.36. The van der Waals surface area contributed by atoms with E-state index in [1.54, 1.807) is 28.2 Å². The van der Waals surface area contributed by atoms with Crippen LogP contribution < -0.4 is 0 Å². The molecular formula is C14H13N7O. The molecule has 0 bridgehead atoms. The van der Waals surface area contributed by atoms with Crippen molar-refractivity contribution in [3.8, 4) is 0 Å².